The Morgan fingerprint density at radius 1 is 0.957 bits per heavy atom. The zero-order chi connectivity index (χ0) is 17.1. The van der Waals surface area contributed by atoms with E-state index >= 15 is 0 Å². The average Bonchev–Trinajstić information content (AvgIpc) is 2.49. The van der Waals surface area contributed by atoms with Gasteiger partial charge < -0.3 is 10.4 Å². The van der Waals surface area contributed by atoms with Crippen LogP contribution in [0, 0.1) is 0 Å². The van der Waals surface area contributed by atoms with Crippen molar-refractivity contribution in [1.82, 2.24) is 0 Å². The molecule has 0 fully saturated rings. The number of amides is 1. The van der Waals surface area contributed by atoms with Crippen LogP contribution in [0.4, 0.5) is 5.69 Å². The van der Waals surface area contributed by atoms with Crippen molar-refractivity contribution in [2.24, 2.45) is 0 Å². The normalized spacial score (nSPS) is 10.6. The summed E-state index contributed by atoms with van der Waals surface area (Å²) in [7, 11) is -2.72. The lowest BCUT2D eigenvalue weighted by Crippen LogP contribution is -2.16. The highest BCUT2D eigenvalue weighted by Gasteiger charge is 2.19. The van der Waals surface area contributed by atoms with Crippen molar-refractivity contribution >= 4 is 51.5 Å². The predicted octanol–water partition coefficient (Wildman–Crippen LogP) is 2.91. The van der Waals surface area contributed by atoms with E-state index in [2.05, 4.69) is 5.32 Å². The van der Waals surface area contributed by atoms with E-state index < -0.39 is 22.6 Å². The molecule has 0 saturated heterocycles. The van der Waals surface area contributed by atoms with Crippen LogP contribution in [0.3, 0.4) is 0 Å². The molecule has 0 heterocycles. The summed E-state index contributed by atoms with van der Waals surface area (Å²) in [6, 6.07) is 7.65. The lowest BCUT2D eigenvalue weighted by Gasteiger charge is -2.09. The van der Waals surface area contributed by atoms with Gasteiger partial charge in [-0.05, 0) is 36.4 Å². The van der Waals surface area contributed by atoms with Gasteiger partial charge in [-0.3, -0.25) is 4.79 Å². The van der Waals surface area contributed by atoms with Gasteiger partial charge in [0.05, 0.1) is 26.1 Å². The molecule has 2 aromatic carbocycles. The minimum Gasteiger partial charge on any atom is -0.478 e. The minimum atomic E-state index is -2.72. The molecule has 1 amide bonds. The number of halogens is 2. The fraction of sp³-hybridized carbons (Fsp3) is 0. The summed E-state index contributed by atoms with van der Waals surface area (Å²) in [5.74, 6) is -2.03. The maximum atomic E-state index is 12.2. The third-order valence-corrected chi connectivity index (χ3v) is 4.31. The fourth-order valence-electron chi connectivity index (χ4n) is 1.78. The summed E-state index contributed by atoms with van der Waals surface area (Å²) in [6.45, 7) is 0. The molecule has 0 aliphatic carbocycles. The molecule has 2 aromatic rings. The van der Waals surface area contributed by atoms with Gasteiger partial charge in [-0.1, -0.05) is 23.2 Å². The lowest BCUT2D eigenvalue weighted by molar-refractivity contribution is 0.0692. The predicted molar refractivity (Wildman–Crippen MR) is 86.4 cm³/mol. The first-order valence-electron chi connectivity index (χ1n) is 6.07. The van der Waals surface area contributed by atoms with Crippen molar-refractivity contribution in [3.63, 3.8) is 0 Å². The standard InChI is InChI=1S/C14H9Cl2NO5S/c15-11-5-9(10(14(19)20)6-12(11)16)13(18)17-7-1-3-8(4-2-7)23(21)22/h1-6,23H,(H,17,18)(H,19,20). The second kappa shape index (κ2) is 6.99. The van der Waals surface area contributed by atoms with Gasteiger partial charge in [-0.15, -0.1) is 0 Å². The molecule has 0 aliphatic heterocycles. The Bertz CT molecular complexity index is 854. The molecule has 0 saturated carbocycles. The molecule has 0 unspecified atom stereocenters. The Labute approximate surface area is 142 Å². The molecule has 6 nitrogen and oxygen atoms in total. The van der Waals surface area contributed by atoms with E-state index in [1.807, 2.05) is 0 Å². The van der Waals surface area contributed by atoms with E-state index in [1.54, 1.807) is 0 Å². The molecule has 0 bridgehead atoms. The van der Waals surface area contributed by atoms with Crippen molar-refractivity contribution in [3.05, 3.63) is 57.6 Å². The number of carbonyl (C=O) groups excluding carboxylic acids is 1. The molecule has 0 radical (unpaired) electrons. The smallest absolute Gasteiger partial charge is 0.336 e. The van der Waals surface area contributed by atoms with Crippen LogP contribution in [0.2, 0.25) is 10.0 Å². The summed E-state index contributed by atoms with van der Waals surface area (Å²) >= 11 is 11.6. The first-order valence-corrected chi connectivity index (χ1v) is 8.01. The SMILES string of the molecule is O=C(O)c1cc(Cl)c(Cl)cc1C(=O)Nc1ccc([SH](=O)=O)cc1. The van der Waals surface area contributed by atoms with Crippen LogP contribution < -0.4 is 5.32 Å². The van der Waals surface area contributed by atoms with E-state index in [4.69, 9.17) is 28.3 Å². The third-order valence-electron chi connectivity index (χ3n) is 2.87. The lowest BCUT2D eigenvalue weighted by atomic mass is 10.1. The summed E-state index contributed by atoms with van der Waals surface area (Å²) in [4.78, 5) is 23.5. The molecule has 0 atom stereocenters. The molecule has 0 spiro atoms. The van der Waals surface area contributed by atoms with Crippen molar-refractivity contribution in [1.29, 1.82) is 0 Å². The van der Waals surface area contributed by atoms with E-state index in [0.29, 0.717) is 5.69 Å². The molecule has 2 N–H and O–H groups in total. The molecular formula is C14H9Cl2NO5S. The quantitative estimate of drug-likeness (QED) is 0.715. The third kappa shape index (κ3) is 4.01. The number of nitrogens with one attached hydrogen (secondary N) is 1. The van der Waals surface area contributed by atoms with Crippen molar-refractivity contribution < 1.29 is 23.1 Å². The van der Waals surface area contributed by atoms with Crippen LogP contribution in [-0.2, 0) is 10.7 Å². The van der Waals surface area contributed by atoms with Crippen LogP contribution >= 0.6 is 23.2 Å². The maximum Gasteiger partial charge on any atom is 0.336 e. The molecular weight excluding hydrogens is 365 g/mol. The summed E-state index contributed by atoms with van der Waals surface area (Å²) < 4.78 is 21.6. The Balaban J connectivity index is 2.33. The molecule has 0 aliphatic rings. The van der Waals surface area contributed by atoms with Crippen LogP contribution in [0.5, 0.6) is 0 Å². The minimum absolute atomic E-state index is 0.0178. The number of hydrogen-bond donors (Lipinski definition) is 3. The Morgan fingerprint density at radius 3 is 1.96 bits per heavy atom. The number of aromatic carboxylic acids is 1. The zero-order valence-electron chi connectivity index (χ0n) is 11.2. The zero-order valence-corrected chi connectivity index (χ0v) is 13.7. The van der Waals surface area contributed by atoms with E-state index in [1.165, 1.54) is 24.3 Å². The van der Waals surface area contributed by atoms with Crippen LogP contribution in [0.25, 0.3) is 0 Å². The number of hydrogen-bond acceptors (Lipinski definition) is 4. The van der Waals surface area contributed by atoms with E-state index in [9.17, 15) is 18.0 Å². The molecule has 0 aromatic heterocycles. The van der Waals surface area contributed by atoms with Gasteiger partial charge in [-0.2, -0.15) is 0 Å². The van der Waals surface area contributed by atoms with E-state index in [0.717, 1.165) is 12.1 Å². The molecule has 9 heteroatoms. The number of carboxylic acids is 1. The van der Waals surface area contributed by atoms with Gasteiger partial charge in [0.1, 0.15) is 0 Å². The number of anilines is 1. The van der Waals surface area contributed by atoms with Gasteiger partial charge in [-0.25, -0.2) is 13.2 Å². The summed E-state index contributed by atoms with van der Waals surface area (Å²) in [5.41, 5.74) is -0.153. The Morgan fingerprint density at radius 2 is 1.48 bits per heavy atom. The van der Waals surface area contributed by atoms with Gasteiger partial charge in [0, 0.05) is 5.69 Å². The highest BCUT2D eigenvalue weighted by atomic mass is 35.5. The monoisotopic (exact) mass is 373 g/mol. The van der Waals surface area contributed by atoms with Gasteiger partial charge in [0.2, 0.25) is 0 Å². The molecule has 23 heavy (non-hydrogen) atoms. The highest BCUT2D eigenvalue weighted by molar-refractivity contribution is 7.72. The summed E-state index contributed by atoms with van der Waals surface area (Å²) in [6.07, 6.45) is 0. The largest absolute Gasteiger partial charge is 0.478 e. The molecule has 120 valence electrons. The highest BCUT2D eigenvalue weighted by Crippen LogP contribution is 2.26. The van der Waals surface area contributed by atoms with Gasteiger partial charge >= 0.3 is 5.97 Å². The summed E-state index contributed by atoms with van der Waals surface area (Å²) in [5, 5.41) is 11.7. The van der Waals surface area contributed by atoms with Crippen LogP contribution in [-0.4, -0.2) is 25.4 Å². The second-order valence-electron chi connectivity index (χ2n) is 4.38. The van der Waals surface area contributed by atoms with Crippen molar-refractivity contribution in [2.75, 3.05) is 5.32 Å². The Kier molecular flexibility index (Phi) is 5.25. The Hall–Kier alpha value is -2.09. The van der Waals surface area contributed by atoms with Crippen molar-refractivity contribution in [2.45, 2.75) is 4.90 Å². The van der Waals surface area contributed by atoms with Crippen molar-refractivity contribution in [3.8, 4) is 0 Å². The van der Waals surface area contributed by atoms with Crippen LogP contribution in [0.1, 0.15) is 20.7 Å². The number of carboxylic acid groups (broad SMARTS) is 1. The number of rotatable bonds is 4. The second-order valence-corrected chi connectivity index (χ2v) is 6.22. The fourth-order valence-corrected chi connectivity index (χ4v) is 2.50. The molecule has 2 rings (SSSR count). The number of carbonyl (C=O) groups is 2. The van der Waals surface area contributed by atoms with E-state index in [-0.39, 0.29) is 26.1 Å². The topological polar surface area (TPSA) is 101 Å². The number of benzene rings is 2. The average molecular weight is 374 g/mol. The number of thiol groups is 1. The van der Waals surface area contributed by atoms with Gasteiger partial charge in [0.25, 0.3) is 5.91 Å². The maximum absolute atomic E-state index is 12.2. The first kappa shape index (κ1) is 17.3. The van der Waals surface area contributed by atoms with Gasteiger partial charge in [0.15, 0.2) is 10.7 Å². The first-order chi connectivity index (χ1) is 10.8. The van der Waals surface area contributed by atoms with Crippen LogP contribution in [0.15, 0.2) is 41.3 Å².